The zero-order chi connectivity index (χ0) is 25.2. The lowest BCUT2D eigenvalue weighted by atomic mass is 9.95. The summed E-state index contributed by atoms with van der Waals surface area (Å²) in [6, 6.07) is 15.9. The second kappa shape index (κ2) is 9.92. The minimum Gasteiger partial charge on any atom is -0.382 e. The van der Waals surface area contributed by atoms with Crippen LogP contribution in [0.15, 0.2) is 67.0 Å². The third kappa shape index (κ3) is 5.38. The summed E-state index contributed by atoms with van der Waals surface area (Å²) in [5.41, 5.74) is 5.21. The molecule has 8 heteroatoms. The maximum Gasteiger partial charge on any atom is 0.390 e. The highest BCUT2D eigenvalue weighted by atomic mass is 19.4. The first-order chi connectivity index (χ1) is 16.7. The van der Waals surface area contributed by atoms with Crippen LogP contribution in [0.4, 0.5) is 18.9 Å². The van der Waals surface area contributed by atoms with E-state index < -0.39 is 18.7 Å². The van der Waals surface area contributed by atoms with Crippen LogP contribution in [0, 0.1) is 6.92 Å². The summed E-state index contributed by atoms with van der Waals surface area (Å²) >= 11 is 0. The Bertz CT molecular complexity index is 1350. The van der Waals surface area contributed by atoms with Gasteiger partial charge in [-0.25, -0.2) is 4.98 Å². The van der Waals surface area contributed by atoms with Crippen molar-refractivity contribution < 1.29 is 23.1 Å². The lowest BCUT2D eigenvalue weighted by molar-refractivity contribution is -0.131. The number of hydrogen-bond acceptors (Lipinski definition) is 4. The number of aliphatic hydroxyl groups is 1. The third-order valence-corrected chi connectivity index (χ3v) is 5.95. The number of Topliss-reactive ketones (excluding diaryl/α,β-unsaturated/α-hetero) is 1. The molecule has 0 fully saturated rings. The van der Waals surface area contributed by atoms with Gasteiger partial charge in [0.05, 0.1) is 24.0 Å². The first kappa shape index (κ1) is 24.5. The molecule has 0 spiro atoms. The number of carbonyl (C=O) groups is 1. The number of hydrogen-bond donors (Lipinski definition) is 2. The van der Waals surface area contributed by atoms with Gasteiger partial charge in [0.1, 0.15) is 6.10 Å². The van der Waals surface area contributed by atoms with Gasteiger partial charge in [-0.15, -0.1) is 0 Å². The van der Waals surface area contributed by atoms with Crippen LogP contribution < -0.4 is 5.32 Å². The Morgan fingerprint density at radius 1 is 1.14 bits per heavy atom. The average Bonchev–Trinajstić information content (AvgIpc) is 3.27. The second-order valence-corrected chi connectivity index (χ2v) is 8.45. The topological polar surface area (TPSA) is 66.6 Å². The zero-order valence-corrected chi connectivity index (χ0v) is 19.4. The fraction of sp³-hybridized carbons (Fsp3) is 0.259. The lowest BCUT2D eigenvalue weighted by Crippen LogP contribution is -2.15. The van der Waals surface area contributed by atoms with E-state index in [4.69, 9.17) is 0 Å². The molecule has 5 nitrogen and oxygen atoms in total. The Kier molecular flexibility index (Phi) is 6.93. The number of fused-ring (bicyclic) bond motifs is 1. The van der Waals surface area contributed by atoms with Crippen molar-refractivity contribution in [1.29, 1.82) is 0 Å². The standard InChI is InChI=1S/C27H26F3N3O2/c1-3-18-14-22(31-12-11-27(28,29)30)26-32-15-23(33(26)16-18)20-9-10-21(17(2)13-20)25(35)24(34)19-7-5-4-6-8-19/h4-10,13-16,24,31,34H,3,11-12H2,1-2H3. The molecule has 2 heterocycles. The van der Waals surface area contributed by atoms with Crippen molar-refractivity contribution in [3.8, 4) is 11.3 Å². The van der Waals surface area contributed by atoms with Gasteiger partial charge in [-0.05, 0) is 42.2 Å². The number of aryl methyl sites for hydroxylation is 2. The van der Waals surface area contributed by atoms with Crippen LogP contribution in [-0.2, 0) is 6.42 Å². The van der Waals surface area contributed by atoms with Gasteiger partial charge in [0.2, 0.25) is 0 Å². The predicted octanol–water partition coefficient (Wildman–Crippen LogP) is 6.15. The Morgan fingerprint density at radius 3 is 2.54 bits per heavy atom. The second-order valence-electron chi connectivity index (χ2n) is 8.45. The molecule has 0 aliphatic heterocycles. The number of aliphatic hydroxyl groups excluding tert-OH is 1. The molecular formula is C27H26F3N3O2. The van der Waals surface area contributed by atoms with Crippen molar-refractivity contribution in [1.82, 2.24) is 9.38 Å². The largest absolute Gasteiger partial charge is 0.390 e. The molecular weight excluding hydrogens is 455 g/mol. The van der Waals surface area contributed by atoms with Gasteiger partial charge < -0.3 is 10.4 Å². The molecule has 0 bridgehead atoms. The molecule has 0 aliphatic carbocycles. The highest BCUT2D eigenvalue weighted by molar-refractivity contribution is 6.01. The number of carbonyl (C=O) groups excluding carboxylic acids is 1. The molecule has 2 aromatic carbocycles. The fourth-order valence-corrected chi connectivity index (χ4v) is 4.05. The van der Waals surface area contributed by atoms with E-state index in [1.165, 1.54) is 0 Å². The molecule has 0 saturated carbocycles. The Morgan fingerprint density at radius 2 is 1.89 bits per heavy atom. The molecule has 35 heavy (non-hydrogen) atoms. The van der Waals surface area contributed by atoms with Crippen molar-refractivity contribution >= 4 is 17.1 Å². The normalized spacial score (nSPS) is 12.6. The van der Waals surface area contributed by atoms with Crippen LogP contribution in [0.3, 0.4) is 0 Å². The number of anilines is 1. The maximum absolute atomic E-state index is 12.9. The van der Waals surface area contributed by atoms with E-state index in [-0.39, 0.29) is 12.3 Å². The quantitative estimate of drug-likeness (QED) is 0.296. The molecule has 0 radical (unpaired) electrons. The number of aromatic nitrogens is 2. The van der Waals surface area contributed by atoms with Crippen molar-refractivity contribution in [3.63, 3.8) is 0 Å². The summed E-state index contributed by atoms with van der Waals surface area (Å²) in [6.07, 6.45) is -2.15. The maximum atomic E-state index is 12.9. The summed E-state index contributed by atoms with van der Waals surface area (Å²) in [7, 11) is 0. The summed E-state index contributed by atoms with van der Waals surface area (Å²) in [6.45, 7) is 3.54. The van der Waals surface area contributed by atoms with Crippen molar-refractivity contribution in [3.05, 3.63) is 89.2 Å². The fourth-order valence-electron chi connectivity index (χ4n) is 4.05. The number of ketones is 1. The summed E-state index contributed by atoms with van der Waals surface area (Å²) in [5, 5.41) is 13.4. The number of rotatable bonds is 8. The van der Waals surface area contributed by atoms with E-state index in [0.29, 0.717) is 34.4 Å². The molecule has 1 unspecified atom stereocenters. The van der Waals surface area contributed by atoms with E-state index in [9.17, 15) is 23.1 Å². The van der Waals surface area contributed by atoms with Gasteiger partial charge in [-0.3, -0.25) is 9.20 Å². The number of benzene rings is 2. The number of nitrogens with one attached hydrogen (secondary N) is 1. The minimum atomic E-state index is -4.24. The van der Waals surface area contributed by atoms with E-state index in [1.807, 2.05) is 35.7 Å². The lowest BCUT2D eigenvalue weighted by Gasteiger charge is -2.14. The van der Waals surface area contributed by atoms with Crippen LogP contribution in [-0.4, -0.2) is 33.0 Å². The molecule has 4 rings (SSSR count). The highest BCUT2D eigenvalue weighted by Gasteiger charge is 2.26. The molecule has 0 saturated heterocycles. The van der Waals surface area contributed by atoms with Crippen LogP contribution in [0.25, 0.3) is 16.9 Å². The molecule has 182 valence electrons. The molecule has 4 aromatic rings. The summed E-state index contributed by atoms with van der Waals surface area (Å²) < 4.78 is 39.7. The van der Waals surface area contributed by atoms with Gasteiger partial charge in [-0.1, -0.05) is 49.4 Å². The van der Waals surface area contributed by atoms with Gasteiger partial charge in [-0.2, -0.15) is 13.2 Å². The third-order valence-electron chi connectivity index (χ3n) is 5.95. The van der Waals surface area contributed by atoms with E-state index in [0.717, 1.165) is 16.8 Å². The van der Waals surface area contributed by atoms with Crippen molar-refractivity contribution in [2.45, 2.75) is 39.0 Å². The monoisotopic (exact) mass is 481 g/mol. The van der Waals surface area contributed by atoms with Crippen molar-refractivity contribution in [2.24, 2.45) is 0 Å². The predicted molar refractivity (Wildman–Crippen MR) is 130 cm³/mol. The summed E-state index contributed by atoms with van der Waals surface area (Å²) in [4.78, 5) is 17.4. The van der Waals surface area contributed by atoms with Gasteiger partial charge >= 0.3 is 6.18 Å². The number of imidazole rings is 1. The van der Waals surface area contributed by atoms with Gasteiger partial charge in [0, 0.05) is 23.9 Å². The zero-order valence-electron chi connectivity index (χ0n) is 19.4. The van der Waals surface area contributed by atoms with Gasteiger partial charge in [0.25, 0.3) is 0 Å². The number of halogens is 3. The Balaban J connectivity index is 1.66. The smallest absolute Gasteiger partial charge is 0.382 e. The SMILES string of the molecule is CCc1cc(NCCC(F)(F)F)c2ncc(-c3ccc(C(=O)C(O)c4ccccc4)c(C)c3)n2c1. The first-order valence-electron chi connectivity index (χ1n) is 11.4. The van der Waals surface area contributed by atoms with Crippen LogP contribution in [0.2, 0.25) is 0 Å². The number of alkyl halides is 3. The van der Waals surface area contributed by atoms with Crippen LogP contribution in [0.5, 0.6) is 0 Å². The first-order valence-corrected chi connectivity index (χ1v) is 11.4. The van der Waals surface area contributed by atoms with Crippen LogP contribution in [0.1, 0.15) is 46.5 Å². The molecule has 0 aliphatic rings. The average molecular weight is 482 g/mol. The van der Waals surface area contributed by atoms with E-state index in [1.54, 1.807) is 49.5 Å². The Labute approximate surface area is 201 Å². The molecule has 2 N–H and O–H groups in total. The minimum absolute atomic E-state index is 0.242. The number of nitrogens with zero attached hydrogens (tertiary/aromatic N) is 2. The number of pyridine rings is 1. The molecule has 0 amide bonds. The Hall–Kier alpha value is -3.65. The molecule has 2 aromatic heterocycles. The van der Waals surface area contributed by atoms with E-state index >= 15 is 0 Å². The molecule has 1 atom stereocenters. The van der Waals surface area contributed by atoms with E-state index in [2.05, 4.69) is 10.3 Å². The highest BCUT2D eigenvalue weighted by Crippen LogP contribution is 2.29. The van der Waals surface area contributed by atoms with Crippen molar-refractivity contribution in [2.75, 3.05) is 11.9 Å². The van der Waals surface area contributed by atoms with Gasteiger partial charge in [0.15, 0.2) is 11.4 Å². The summed E-state index contributed by atoms with van der Waals surface area (Å²) in [5.74, 6) is -0.386. The van der Waals surface area contributed by atoms with Crippen LogP contribution >= 0.6 is 0 Å².